The van der Waals surface area contributed by atoms with Gasteiger partial charge in [0, 0.05) is 13.8 Å². The predicted octanol–water partition coefficient (Wildman–Crippen LogP) is 3.11. The number of carbonyl (C=O) groups excluding carboxylic acids is 2. The van der Waals surface area contributed by atoms with Crippen molar-refractivity contribution in [2.24, 2.45) is 0 Å². The average Bonchev–Trinajstić information content (AvgIpc) is 2.76. The van der Waals surface area contributed by atoms with Crippen molar-refractivity contribution in [3.05, 3.63) is 36.1 Å². The summed E-state index contributed by atoms with van der Waals surface area (Å²) < 4.78 is 15.6. The lowest BCUT2D eigenvalue weighted by molar-refractivity contribution is -0.133. The van der Waals surface area contributed by atoms with Crippen molar-refractivity contribution < 1.29 is 23.5 Å². The molecule has 104 valence electrons. The number of aryl methyl sites for hydroxylation is 1. The Morgan fingerprint density at radius 3 is 2.30 bits per heavy atom. The minimum absolute atomic E-state index is 0.350. The van der Waals surface area contributed by atoms with Crippen LogP contribution in [0.4, 0.5) is 0 Å². The standard InChI is InChI=1S/C15H14O5/c1-9-6-15(18-8-9)13-7-12(19-10(2)16)4-5-14(13)20-11(3)17/h4-8H,1-3H3. The van der Waals surface area contributed by atoms with E-state index in [4.69, 9.17) is 13.9 Å². The maximum atomic E-state index is 11.1. The van der Waals surface area contributed by atoms with Crippen molar-refractivity contribution in [2.45, 2.75) is 20.8 Å². The quantitative estimate of drug-likeness (QED) is 0.635. The highest BCUT2D eigenvalue weighted by molar-refractivity contribution is 5.77. The molecule has 0 unspecified atom stereocenters. The predicted molar refractivity (Wildman–Crippen MR) is 71.5 cm³/mol. The van der Waals surface area contributed by atoms with Gasteiger partial charge in [0.2, 0.25) is 0 Å². The maximum absolute atomic E-state index is 11.1. The summed E-state index contributed by atoms with van der Waals surface area (Å²) in [5.74, 6) is 0.384. The lowest BCUT2D eigenvalue weighted by Gasteiger charge is -2.09. The second-order valence-corrected chi connectivity index (χ2v) is 4.33. The Balaban J connectivity index is 2.47. The van der Waals surface area contributed by atoms with E-state index in [2.05, 4.69) is 0 Å². The van der Waals surface area contributed by atoms with E-state index in [-0.39, 0.29) is 0 Å². The molecular formula is C15H14O5. The van der Waals surface area contributed by atoms with Crippen LogP contribution < -0.4 is 9.47 Å². The number of rotatable bonds is 3. The van der Waals surface area contributed by atoms with Crippen molar-refractivity contribution in [2.75, 3.05) is 0 Å². The Bertz CT molecular complexity index is 654. The van der Waals surface area contributed by atoms with Gasteiger partial charge in [0.15, 0.2) is 0 Å². The van der Waals surface area contributed by atoms with Crippen molar-refractivity contribution in [3.8, 4) is 22.8 Å². The van der Waals surface area contributed by atoms with Crippen molar-refractivity contribution in [1.29, 1.82) is 0 Å². The molecule has 0 atom stereocenters. The lowest BCUT2D eigenvalue weighted by atomic mass is 10.1. The smallest absolute Gasteiger partial charge is 0.308 e. The summed E-state index contributed by atoms with van der Waals surface area (Å²) in [6.45, 7) is 4.52. The molecule has 20 heavy (non-hydrogen) atoms. The molecule has 5 nitrogen and oxygen atoms in total. The molecule has 0 aliphatic heterocycles. The van der Waals surface area contributed by atoms with Gasteiger partial charge in [-0.2, -0.15) is 0 Å². The summed E-state index contributed by atoms with van der Waals surface area (Å²) in [5, 5.41) is 0. The third-order valence-corrected chi connectivity index (χ3v) is 2.46. The molecule has 0 fully saturated rings. The zero-order valence-corrected chi connectivity index (χ0v) is 11.4. The second-order valence-electron chi connectivity index (χ2n) is 4.33. The number of carbonyl (C=O) groups is 2. The van der Waals surface area contributed by atoms with Crippen LogP contribution in [0.25, 0.3) is 11.3 Å². The fraction of sp³-hybridized carbons (Fsp3) is 0.200. The Morgan fingerprint density at radius 1 is 1.05 bits per heavy atom. The summed E-state index contributed by atoms with van der Waals surface area (Å²) in [7, 11) is 0. The first-order valence-corrected chi connectivity index (χ1v) is 6.02. The van der Waals surface area contributed by atoms with Gasteiger partial charge in [-0.05, 0) is 36.8 Å². The number of hydrogen-bond donors (Lipinski definition) is 0. The van der Waals surface area contributed by atoms with Crippen molar-refractivity contribution >= 4 is 11.9 Å². The topological polar surface area (TPSA) is 65.7 Å². The molecule has 2 aromatic rings. The lowest BCUT2D eigenvalue weighted by Crippen LogP contribution is -2.04. The van der Waals surface area contributed by atoms with Crippen LogP contribution in [0.1, 0.15) is 19.4 Å². The van der Waals surface area contributed by atoms with Crippen molar-refractivity contribution in [3.63, 3.8) is 0 Å². The van der Waals surface area contributed by atoms with Crippen LogP contribution in [-0.2, 0) is 9.59 Å². The molecule has 1 aromatic heterocycles. The first-order chi connectivity index (χ1) is 9.45. The van der Waals surface area contributed by atoms with Gasteiger partial charge in [-0.3, -0.25) is 9.59 Å². The molecule has 2 rings (SSSR count). The van der Waals surface area contributed by atoms with Gasteiger partial charge in [-0.1, -0.05) is 0 Å². The normalized spacial score (nSPS) is 10.2. The highest BCUT2D eigenvalue weighted by atomic mass is 16.5. The van der Waals surface area contributed by atoms with E-state index in [1.54, 1.807) is 30.5 Å². The minimum atomic E-state index is -0.435. The Kier molecular flexibility index (Phi) is 3.89. The fourth-order valence-electron chi connectivity index (χ4n) is 1.75. The molecule has 0 spiro atoms. The molecular weight excluding hydrogens is 260 g/mol. The van der Waals surface area contributed by atoms with E-state index in [1.807, 2.05) is 6.92 Å². The monoisotopic (exact) mass is 274 g/mol. The highest BCUT2D eigenvalue weighted by Crippen LogP contribution is 2.34. The van der Waals surface area contributed by atoms with Crippen LogP contribution in [0.2, 0.25) is 0 Å². The molecule has 1 heterocycles. The second kappa shape index (κ2) is 5.61. The summed E-state index contributed by atoms with van der Waals surface area (Å²) in [4.78, 5) is 22.1. The van der Waals surface area contributed by atoms with Gasteiger partial charge < -0.3 is 13.9 Å². The Morgan fingerprint density at radius 2 is 1.75 bits per heavy atom. The number of esters is 2. The molecule has 0 radical (unpaired) electrons. The molecule has 0 saturated heterocycles. The van der Waals surface area contributed by atoms with Crippen LogP contribution in [0, 0.1) is 6.92 Å². The summed E-state index contributed by atoms with van der Waals surface area (Å²) in [6, 6.07) is 6.52. The van der Waals surface area contributed by atoms with Gasteiger partial charge in [0.25, 0.3) is 0 Å². The molecule has 0 aliphatic carbocycles. The third kappa shape index (κ3) is 3.26. The third-order valence-electron chi connectivity index (χ3n) is 2.46. The zero-order valence-electron chi connectivity index (χ0n) is 11.4. The summed E-state index contributed by atoms with van der Waals surface area (Å²) in [6.07, 6.45) is 1.59. The van der Waals surface area contributed by atoms with Gasteiger partial charge in [-0.15, -0.1) is 0 Å². The van der Waals surface area contributed by atoms with E-state index in [9.17, 15) is 9.59 Å². The first kappa shape index (κ1) is 13.9. The van der Waals surface area contributed by atoms with E-state index in [0.717, 1.165) is 5.56 Å². The van der Waals surface area contributed by atoms with Gasteiger partial charge in [-0.25, -0.2) is 0 Å². The zero-order chi connectivity index (χ0) is 14.7. The number of ether oxygens (including phenoxy) is 2. The van der Waals surface area contributed by atoms with E-state index >= 15 is 0 Å². The van der Waals surface area contributed by atoms with Crippen LogP contribution in [0.3, 0.4) is 0 Å². The Hall–Kier alpha value is -2.56. The largest absolute Gasteiger partial charge is 0.464 e. The van der Waals surface area contributed by atoms with Gasteiger partial charge >= 0.3 is 11.9 Å². The maximum Gasteiger partial charge on any atom is 0.308 e. The van der Waals surface area contributed by atoms with Gasteiger partial charge in [0.1, 0.15) is 17.3 Å². The minimum Gasteiger partial charge on any atom is -0.464 e. The van der Waals surface area contributed by atoms with Crippen LogP contribution >= 0.6 is 0 Å². The van der Waals surface area contributed by atoms with Crippen LogP contribution in [-0.4, -0.2) is 11.9 Å². The first-order valence-electron chi connectivity index (χ1n) is 6.02. The highest BCUT2D eigenvalue weighted by Gasteiger charge is 2.14. The van der Waals surface area contributed by atoms with Gasteiger partial charge in [0.05, 0.1) is 11.8 Å². The Labute approximate surface area is 116 Å². The van der Waals surface area contributed by atoms with E-state index in [1.165, 1.54) is 13.8 Å². The molecule has 0 amide bonds. The molecule has 1 aromatic carbocycles. The molecule has 0 N–H and O–H groups in total. The SMILES string of the molecule is CC(=O)Oc1ccc(OC(C)=O)c(-c2cc(C)co2)c1. The fourth-order valence-corrected chi connectivity index (χ4v) is 1.75. The van der Waals surface area contributed by atoms with E-state index < -0.39 is 11.9 Å². The summed E-state index contributed by atoms with van der Waals surface area (Å²) in [5.41, 5.74) is 1.48. The average molecular weight is 274 g/mol. The molecule has 5 heteroatoms. The van der Waals surface area contributed by atoms with E-state index in [0.29, 0.717) is 22.8 Å². The molecule has 0 aliphatic rings. The summed E-state index contributed by atoms with van der Waals surface area (Å²) >= 11 is 0. The van der Waals surface area contributed by atoms with Crippen LogP contribution in [0.5, 0.6) is 11.5 Å². The molecule has 0 bridgehead atoms. The molecule has 0 saturated carbocycles. The van der Waals surface area contributed by atoms with Crippen LogP contribution in [0.15, 0.2) is 34.9 Å². The van der Waals surface area contributed by atoms with Crippen molar-refractivity contribution in [1.82, 2.24) is 0 Å². The number of furan rings is 1. The number of benzene rings is 1. The number of hydrogen-bond acceptors (Lipinski definition) is 5.